The second-order valence-electron chi connectivity index (χ2n) is 7.68. The van der Waals surface area contributed by atoms with E-state index in [-0.39, 0.29) is 5.54 Å². The zero-order chi connectivity index (χ0) is 15.7. The Morgan fingerprint density at radius 1 is 1.24 bits per heavy atom. The summed E-state index contributed by atoms with van der Waals surface area (Å²) in [4.78, 5) is 3.93. The number of nitrogens with one attached hydrogen (secondary N) is 1. The molecule has 0 saturated carbocycles. The van der Waals surface area contributed by atoms with E-state index in [1.807, 2.05) is 6.08 Å². The van der Waals surface area contributed by atoms with Gasteiger partial charge in [-0.25, -0.2) is 0 Å². The highest BCUT2D eigenvalue weighted by atomic mass is 28.3. The summed E-state index contributed by atoms with van der Waals surface area (Å²) < 4.78 is 0. The van der Waals surface area contributed by atoms with Crippen molar-refractivity contribution >= 4 is 13.8 Å². The van der Waals surface area contributed by atoms with Crippen LogP contribution in [0.3, 0.4) is 0 Å². The van der Waals surface area contributed by atoms with Crippen LogP contribution in [0.4, 0.5) is 0 Å². The van der Waals surface area contributed by atoms with Gasteiger partial charge >= 0.3 is 0 Å². The fraction of sp³-hybridized carbons (Fsp3) is 0.474. The van der Waals surface area contributed by atoms with Crippen LogP contribution < -0.4 is 4.98 Å². The van der Waals surface area contributed by atoms with Crippen molar-refractivity contribution in [3.8, 4) is 0 Å². The summed E-state index contributed by atoms with van der Waals surface area (Å²) >= 11 is 0. The van der Waals surface area contributed by atoms with Crippen LogP contribution in [0.5, 0.6) is 0 Å². The first-order valence-electron chi connectivity index (χ1n) is 7.95. The molecular weight excluding hydrogens is 270 g/mol. The van der Waals surface area contributed by atoms with Crippen molar-refractivity contribution in [3.05, 3.63) is 54.1 Å². The van der Waals surface area contributed by atoms with E-state index in [4.69, 9.17) is 0 Å². The predicted molar refractivity (Wildman–Crippen MR) is 97.0 cm³/mol. The topological polar surface area (TPSA) is 12.0 Å². The molecule has 21 heavy (non-hydrogen) atoms. The van der Waals surface area contributed by atoms with Gasteiger partial charge < -0.3 is 4.98 Å². The Morgan fingerprint density at radius 3 is 2.52 bits per heavy atom. The average molecular weight is 300 g/mol. The van der Waals surface area contributed by atoms with Gasteiger partial charge in [-0.2, -0.15) is 0 Å². The first kappa shape index (κ1) is 16.3. The molecule has 114 valence electrons. The Labute approximate surface area is 131 Å². The highest BCUT2D eigenvalue weighted by molar-refractivity contribution is 6.77. The van der Waals surface area contributed by atoms with E-state index in [9.17, 15) is 0 Å². The van der Waals surface area contributed by atoms with Crippen molar-refractivity contribution in [1.82, 2.24) is 4.98 Å². The molecule has 1 aromatic carbocycles. The van der Waals surface area contributed by atoms with Crippen molar-refractivity contribution in [2.45, 2.75) is 57.8 Å². The minimum Gasteiger partial charge on any atom is -0.332 e. The Morgan fingerprint density at radius 2 is 1.90 bits per heavy atom. The van der Waals surface area contributed by atoms with Gasteiger partial charge in [0.15, 0.2) is 0 Å². The monoisotopic (exact) mass is 299 g/mol. The van der Waals surface area contributed by atoms with Gasteiger partial charge in [0.1, 0.15) is 8.24 Å². The minimum absolute atomic E-state index is 0.169. The molecule has 0 fully saturated rings. The van der Waals surface area contributed by atoms with E-state index in [1.165, 1.54) is 16.7 Å². The Hall–Kier alpha value is -1.12. The van der Waals surface area contributed by atoms with Gasteiger partial charge in [0, 0.05) is 11.1 Å². The van der Waals surface area contributed by atoms with Gasteiger partial charge in [0.2, 0.25) is 0 Å². The first-order chi connectivity index (χ1) is 9.74. The van der Waals surface area contributed by atoms with Crippen LogP contribution in [0.1, 0.15) is 50.3 Å². The molecule has 0 amide bonds. The van der Waals surface area contributed by atoms with Crippen LogP contribution in [0.2, 0.25) is 13.1 Å². The van der Waals surface area contributed by atoms with Gasteiger partial charge in [-0.15, -0.1) is 6.58 Å². The van der Waals surface area contributed by atoms with Crippen molar-refractivity contribution in [1.29, 1.82) is 0 Å². The fourth-order valence-corrected chi connectivity index (χ4v) is 7.29. The number of benzene rings is 1. The highest BCUT2D eigenvalue weighted by Gasteiger charge is 2.38. The molecule has 1 aliphatic carbocycles. The molecule has 0 radical (unpaired) electrons. The van der Waals surface area contributed by atoms with E-state index in [0.717, 1.165) is 12.8 Å². The lowest BCUT2D eigenvalue weighted by Gasteiger charge is -2.37. The molecule has 0 bridgehead atoms. The third-order valence-electron chi connectivity index (χ3n) is 4.10. The van der Waals surface area contributed by atoms with Crippen LogP contribution in [-0.2, 0) is 0 Å². The molecule has 1 aliphatic rings. The number of rotatable bonds is 5. The summed E-state index contributed by atoms with van der Waals surface area (Å²) in [6.07, 6.45) is 6.71. The standard InChI is InChI=1S/C19H29NSi/c1-7-8-11-15-14-18(17-13-10-9-12-16(15)17)21(5,6)20-19(2,3)4/h7,9-10,12-14,18,20H,1,8,11H2,2-6H3. The normalized spacial score (nSPS) is 18.3. The zero-order valence-corrected chi connectivity index (χ0v) is 15.2. The fourth-order valence-electron chi connectivity index (χ4n) is 3.56. The van der Waals surface area contributed by atoms with Gasteiger partial charge in [0.05, 0.1) is 0 Å². The Balaban J connectivity index is 2.35. The summed E-state index contributed by atoms with van der Waals surface area (Å²) in [5, 5.41) is 0. The number of hydrogen-bond acceptors (Lipinski definition) is 1. The molecule has 1 unspecified atom stereocenters. The molecule has 0 aliphatic heterocycles. The molecular formula is C19H29NSi. The summed E-state index contributed by atoms with van der Waals surface area (Å²) in [6.45, 7) is 15.6. The quantitative estimate of drug-likeness (QED) is 0.577. The maximum absolute atomic E-state index is 3.93. The maximum atomic E-state index is 3.93. The van der Waals surface area contributed by atoms with Gasteiger partial charge in [-0.1, -0.05) is 49.5 Å². The van der Waals surface area contributed by atoms with Crippen LogP contribution in [0.25, 0.3) is 5.57 Å². The van der Waals surface area contributed by atoms with E-state index in [2.05, 4.69) is 75.8 Å². The summed E-state index contributed by atoms with van der Waals surface area (Å²) in [5.74, 6) is 0. The number of hydrogen-bond donors (Lipinski definition) is 1. The van der Waals surface area contributed by atoms with Gasteiger partial charge in [-0.3, -0.25) is 0 Å². The third-order valence-corrected chi connectivity index (χ3v) is 7.53. The van der Waals surface area contributed by atoms with Crippen LogP contribution in [-0.4, -0.2) is 13.8 Å². The van der Waals surface area contributed by atoms with Crippen LogP contribution in [0.15, 0.2) is 43.0 Å². The van der Waals surface area contributed by atoms with Crippen LogP contribution in [0, 0.1) is 0 Å². The molecule has 1 atom stereocenters. The van der Waals surface area contributed by atoms with Crippen LogP contribution >= 0.6 is 0 Å². The number of fused-ring (bicyclic) bond motifs is 1. The molecule has 0 spiro atoms. The van der Waals surface area contributed by atoms with E-state index in [1.54, 1.807) is 0 Å². The van der Waals surface area contributed by atoms with E-state index in [0.29, 0.717) is 5.54 Å². The summed E-state index contributed by atoms with van der Waals surface area (Å²) in [6, 6.07) is 8.94. The summed E-state index contributed by atoms with van der Waals surface area (Å²) in [5.41, 5.74) is 5.22. The molecule has 0 heterocycles. The van der Waals surface area contributed by atoms with Crippen molar-refractivity contribution < 1.29 is 0 Å². The first-order valence-corrected chi connectivity index (χ1v) is 11.0. The maximum Gasteiger partial charge on any atom is 0.131 e. The van der Waals surface area contributed by atoms with Crippen molar-refractivity contribution in [2.75, 3.05) is 0 Å². The second-order valence-corrected chi connectivity index (χ2v) is 12.0. The Bertz CT molecular complexity index is 549. The zero-order valence-electron chi connectivity index (χ0n) is 14.2. The molecule has 2 rings (SSSR count). The molecule has 1 N–H and O–H groups in total. The highest BCUT2D eigenvalue weighted by Crippen LogP contribution is 2.42. The largest absolute Gasteiger partial charge is 0.332 e. The third kappa shape index (κ3) is 3.75. The predicted octanol–water partition coefficient (Wildman–Crippen LogP) is 5.27. The molecule has 0 saturated heterocycles. The molecule has 1 nitrogen and oxygen atoms in total. The second kappa shape index (κ2) is 5.94. The molecule has 0 aromatic heterocycles. The Kier molecular flexibility index (Phi) is 4.59. The number of allylic oxidation sites excluding steroid dienone is 3. The molecule has 1 aromatic rings. The van der Waals surface area contributed by atoms with Gasteiger partial charge in [-0.05, 0) is 50.3 Å². The molecule has 2 heteroatoms. The van der Waals surface area contributed by atoms with Crippen molar-refractivity contribution in [3.63, 3.8) is 0 Å². The van der Waals surface area contributed by atoms with E-state index >= 15 is 0 Å². The average Bonchev–Trinajstić information content (AvgIpc) is 2.73. The smallest absolute Gasteiger partial charge is 0.131 e. The lowest BCUT2D eigenvalue weighted by molar-refractivity contribution is 0.509. The lowest BCUT2D eigenvalue weighted by Crippen LogP contribution is -2.57. The minimum atomic E-state index is -1.59. The SMILES string of the molecule is C=CCCC1=CC([Si](C)(C)NC(C)(C)C)c2ccccc21. The van der Waals surface area contributed by atoms with Gasteiger partial charge in [0.25, 0.3) is 0 Å². The van der Waals surface area contributed by atoms with E-state index < -0.39 is 8.24 Å². The summed E-state index contributed by atoms with van der Waals surface area (Å²) in [7, 11) is -1.59. The van der Waals surface area contributed by atoms with Crippen molar-refractivity contribution in [2.24, 2.45) is 0 Å². The lowest BCUT2D eigenvalue weighted by atomic mass is 10.0.